The van der Waals surface area contributed by atoms with E-state index in [0.717, 1.165) is 12.1 Å². The van der Waals surface area contributed by atoms with Crippen LogP contribution in [0.2, 0.25) is 0 Å². The second-order valence-electron chi connectivity index (χ2n) is 2.59. The van der Waals surface area contributed by atoms with E-state index in [9.17, 15) is 4.39 Å². The zero-order valence-corrected chi connectivity index (χ0v) is 6.71. The lowest BCUT2D eigenvalue weighted by Crippen LogP contribution is -1.90. The molecule has 1 heterocycles. The fraction of sp³-hybridized carbons (Fsp3) is 0.222. The van der Waals surface area contributed by atoms with E-state index in [0.29, 0.717) is 5.52 Å². The third-order valence-corrected chi connectivity index (χ3v) is 1.84. The molecule has 1 aromatic carbocycles. The van der Waals surface area contributed by atoms with Crippen molar-refractivity contribution in [3.8, 4) is 0 Å². The highest BCUT2D eigenvalue weighted by molar-refractivity contribution is 5.74. The van der Waals surface area contributed by atoms with Crippen molar-refractivity contribution in [2.45, 2.75) is 13.5 Å². The molecule has 61 valence electrons. The minimum absolute atomic E-state index is 0.253. The van der Waals surface area contributed by atoms with E-state index >= 15 is 0 Å². The molecule has 0 aliphatic rings. The molecule has 0 spiro atoms. The Morgan fingerprint density at radius 2 is 2.42 bits per heavy atom. The molecule has 0 saturated carbocycles. The number of hydrogen-bond acceptors (Lipinski definition) is 1. The van der Waals surface area contributed by atoms with Gasteiger partial charge in [-0.05, 0) is 19.1 Å². The summed E-state index contributed by atoms with van der Waals surface area (Å²) in [5, 5.41) is 0. The van der Waals surface area contributed by atoms with Gasteiger partial charge in [0, 0.05) is 12.6 Å². The van der Waals surface area contributed by atoms with Gasteiger partial charge in [0.15, 0.2) is 6.33 Å². The van der Waals surface area contributed by atoms with Gasteiger partial charge in [0.25, 0.3) is 0 Å². The van der Waals surface area contributed by atoms with Crippen molar-refractivity contribution in [3.63, 3.8) is 0 Å². The van der Waals surface area contributed by atoms with Gasteiger partial charge in [0.1, 0.15) is 5.82 Å². The molecule has 0 saturated heterocycles. The molecule has 1 radical (unpaired) electrons. The van der Waals surface area contributed by atoms with E-state index in [1.807, 2.05) is 11.5 Å². The topological polar surface area (TPSA) is 17.8 Å². The van der Waals surface area contributed by atoms with Crippen LogP contribution < -0.4 is 0 Å². The van der Waals surface area contributed by atoms with Crippen LogP contribution in [0.3, 0.4) is 0 Å². The largest absolute Gasteiger partial charge is 0.322 e. The summed E-state index contributed by atoms with van der Waals surface area (Å²) in [6.07, 6.45) is 2.79. The van der Waals surface area contributed by atoms with Crippen LogP contribution >= 0.6 is 0 Å². The molecule has 0 bridgehead atoms. The molecule has 2 nitrogen and oxygen atoms in total. The molecule has 0 N–H and O–H groups in total. The number of rotatable bonds is 1. The van der Waals surface area contributed by atoms with Gasteiger partial charge in [-0.15, -0.1) is 0 Å². The van der Waals surface area contributed by atoms with Crippen molar-refractivity contribution in [1.29, 1.82) is 0 Å². The smallest absolute Gasteiger partial charge is 0.177 e. The summed E-state index contributed by atoms with van der Waals surface area (Å²) in [7, 11) is 0. The van der Waals surface area contributed by atoms with Gasteiger partial charge in [-0.3, -0.25) is 0 Å². The van der Waals surface area contributed by atoms with Crippen molar-refractivity contribution in [2.75, 3.05) is 0 Å². The number of halogens is 1. The van der Waals surface area contributed by atoms with Crippen molar-refractivity contribution in [1.82, 2.24) is 9.55 Å². The summed E-state index contributed by atoms with van der Waals surface area (Å²) >= 11 is 0. The molecular formula is C9H8FN2. The Bertz CT molecular complexity index is 406. The first-order chi connectivity index (χ1) is 5.81. The zero-order valence-electron chi connectivity index (χ0n) is 6.71. The van der Waals surface area contributed by atoms with Gasteiger partial charge in [-0.25, -0.2) is 9.37 Å². The molecular weight excluding hydrogens is 155 g/mol. The standard InChI is InChI=1S/C9H8FN2/c1-2-12-6-11-8-5-7(10)3-4-9(8)12/h3-5H,2H2,1H3. The Morgan fingerprint density at radius 3 is 3.17 bits per heavy atom. The lowest BCUT2D eigenvalue weighted by Gasteiger charge is -1.96. The fourth-order valence-corrected chi connectivity index (χ4v) is 1.22. The van der Waals surface area contributed by atoms with Crippen LogP contribution in [0.1, 0.15) is 6.92 Å². The number of nitrogens with zero attached hydrogens (tertiary/aromatic N) is 2. The summed E-state index contributed by atoms with van der Waals surface area (Å²) in [5.41, 5.74) is 1.59. The Balaban J connectivity index is 2.73. The second-order valence-corrected chi connectivity index (χ2v) is 2.59. The minimum Gasteiger partial charge on any atom is -0.322 e. The number of fused-ring (bicyclic) bond motifs is 1. The van der Waals surface area contributed by atoms with Gasteiger partial charge in [-0.1, -0.05) is 0 Å². The molecule has 0 amide bonds. The Hall–Kier alpha value is -1.38. The summed E-state index contributed by atoms with van der Waals surface area (Å²) in [4.78, 5) is 3.95. The van der Waals surface area contributed by atoms with Crippen molar-refractivity contribution in [3.05, 3.63) is 30.3 Å². The molecule has 1 aromatic heterocycles. The Kier molecular flexibility index (Phi) is 1.57. The average molecular weight is 163 g/mol. The summed E-state index contributed by atoms with van der Waals surface area (Å²) in [5.74, 6) is -0.253. The van der Waals surface area contributed by atoms with Crippen LogP contribution in [0.5, 0.6) is 0 Å². The van der Waals surface area contributed by atoms with Gasteiger partial charge in [0.05, 0.1) is 11.0 Å². The Labute approximate surface area is 69.6 Å². The number of hydrogen-bond donors (Lipinski definition) is 0. The molecule has 12 heavy (non-hydrogen) atoms. The Morgan fingerprint density at radius 1 is 1.58 bits per heavy atom. The first-order valence-corrected chi connectivity index (χ1v) is 3.84. The van der Waals surface area contributed by atoms with Crippen LogP contribution in [0.15, 0.2) is 18.2 Å². The molecule has 0 aliphatic heterocycles. The summed E-state index contributed by atoms with van der Waals surface area (Å²) < 4.78 is 14.5. The highest BCUT2D eigenvalue weighted by atomic mass is 19.1. The van der Waals surface area contributed by atoms with Crippen LogP contribution in [-0.2, 0) is 6.54 Å². The lowest BCUT2D eigenvalue weighted by atomic mass is 10.3. The van der Waals surface area contributed by atoms with Crippen LogP contribution in [0, 0.1) is 12.1 Å². The maximum atomic E-state index is 12.7. The van der Waals surface area contributed by atoms with Crippen LogP contribution in [-0.4, -0.2) is 9.55 Å². The van der Waals surface area contributed by atoms with Crippen LogP contribution in [0.25, 0.3) is 11.0 Å². The van der Waals surface area contributed by atoms with E-state index in [2.05, 4.69) is 11.3 Å². The van der Waals surface area contributed by atoms with E-state index in [-0.39, 0.29) is 5.82 Å². The number of aryl methyl sites for hydroxylation is 1. The third kappa shape index (κ3) is 0.978. The molecule has 0 atom stereocenters. The van der Waals surface area contributed by atoms with E-state index in [1.54, 1.807) is 6.07 Å². The highest BCUT2D eigenvalue weighted by Crippen LogP contribution is 2.13. The maximum absolute atomic E-state index is 12.7. The van der Waals surface area contributed by atoms with Crippen molar-refractivity contribution in [2.24, 2.45) is 0 Å². The molecule has 2 rings (SSSR count). The number of imidazole rings is 1. The summed E-state index contributed by atoms with van der Waals surface area (Å²) in [6.45, 7) is 2.81. The van der Waals surface area contributed by atoms with E-state index in [4.69, 9.17) is 0 Å². The predicted molar refractivity (Wildman–Crippen MR) is 44.2 cm³/mol. The monoisotopic (exact) mass is 163 g/mol. The normalized spacial score (nSPS) is 10.8. The van der Waals surface area contributed by atoms with Gasteiger partial charge in [0.2, 0.25) is 0 Å². The SMILES string of the molecule is CCn1[c]nc2cc(F)ccc21. The van der Waals surface area contributed by atoms with E-state index < -0.39 is 0 Å². The first-order valence-electron chi connectivity index (χ1n) is 3.84. The van der Waals surface area contributed by atoms with E-state index in [1.165, 1.54) is 12.1 Å². The third-order valence-electron chi connectivity index (χ3n) is 1.84. The fourth-order valence-electron chi connectivity index (χ4n) is 1.22. The molecule has 0 unspecified atom stereocenters. The predicted octanol–water partition coefficient (Wildman–Crippen LogP) is 2.00. The minimum atomic E-state index is -0.253. The number of aromatic nitrogens is 2. The maximum Gasteiger partial charge on any atom is 0.177 e. The second kappa shape index (κ2) is 2.59. The van der Waals surface area contributed by atoms with Gasteiger partial charge < -0.3 is 4.57 Å². The molecule has 0 fully saturated rings. The quantitative estimate of drug-likeness (QED) is 0.628. The molecule has 0 aliphatic carbocycles. The average Bonchev–Trinajstić information content (AvgIpc) is 2.46. The number of benzene rings is 1. The van der Waals surface area contributed by atoms with Crippen molar-refractivity contribution >= 4 is 11.0 Å². The van der Waals surface area contributed by atoms with Crippen LogP contribution in [0.4, 0.5) is 4.39 Å². The zero-order chi connectivity index (χ0) is 8.55. The molecule has 2 aromatic rings. The van der Waals surface area contributed by atoms with Crippen molar-refractivity contribution < 1.29 is 4.39 Å². The first kappa shape index (κ1) is 7.28. The molecule has 3 heteroatoms. The van der Waals surface area contributed by atoms with Gasteiger partial charge in [-0.2, -0.15) is 0 Å². The highest BCUT2D eigenvalue weighted by Gasteiger charge is 2.01. The lowest BCUT2D eigenvalue weighted by molar-refractivity contribution is 0.629. The summed E-state index contributed by atoms with van der Waals surface area (Å²) in [6, 6.07) is 4.57. The van der Waals surface area contributed by atoms with Gasteiger partial charge >= 0.3 is 0 Å².